The molecule has 0 amide bonds. The number of allylic oxidation sites excluding steroid dienone is 1. The van der Waals surface area contributed by atoms with E-state index in [-0.39, 0.29) is 34.3 Å². The first kappa shape index (κ1) is 18.8. The molecule has 7 heteroatoms. The molecule has 0 heterocycles. The lowest BCUT2D eigenvalue weighted by molar-refractivity contribution is -0.130. The van der Waals surface area contributed by atoms with Crippen molar-refractivity contribution in [3.8, 4) is 17.6 Å². The number of rotatable bonds is 5. The molecule has 0 N–H and O–H groups in total. The van der Waals surface area contributed by atoms with Crippen molar-refractivity contribution >= 4 is 23.7 Å². The Morgan fingerprint density at radius 2 is 2.08 bits per heavy atom. The quantitative estimate of drug-likeness (QED) is 0.747. The van der Waals surface area contributed by atoms with Crippen LogP contribution in [0.4, 0.5) is 0 Å². The highest BCUT2D eigenvalue weighted by molar-refractivity contribution is 6.33. The summed E-state index contributed by atoms with van der Waals surface area (Å²) in [4.78, 5) is 23.8. The first-order valence-electron chi connectivity index (χ1n) is 7.56. The fourth-order valence-corrected chi connectivity index (χ4v) is 3.14. The van der Waals surface area contributed by atoms with Crippen molar-refractivity contribution in [3.63, 3.8) is 0 Å². The molecule has 25 heavy (non-hydrogen) atoms. The zero-order valence-electron chi connectivity index (χ0n) is 14.4. The minimum absolute atomic E-state index is 0.0709. The van der Waals surface area contributed by atoms with Gasteiger partial charge in [-0.05, 0) is 13.0 Å². The molecule has 0 bridgehead atoms. The van der Waals surface area contributed by atoms with Gasteiger partial charge in [0.15, 0.2) is 17.8 Å². The summed E-state index contributed by atoms with van der Waals surface area (Å²) in [6.45, 7) is 3.42. The average molecular weight is 364 g/mol. The van der Waals surface area contributed by atoms with Crippen LogP contribution >= 0.6 is 11.6 Å². The summed E-state index contributed by atoms with van der Waals surface area (Å²) < 4.78 is 16.5. The molecule has 0 saturated heterocycles. The van der Waals surface area contributed by atoms with Gasteiger partial charge in [-0.1, -0.05) is 18.5 Å². The normalized spacial score (nSPS) is 22.6. The Kier molecular flexibility index (Phi) is 5.39. The Bertz CT molecular complexity index is 796. The second kappa shape index (κ2) is 7.16. The first-order valence-corrected chi connectivity index (χ1v) is 7.93. The van der Waals surface area contributed by atoms with Gasteiger partial charge < -0.3 is 14.2 Å². The van der Waals surface area contributed by atoms with Crippen molar-refractivity contribution < 1.29 is 23.8 Å². The van der Waals surface area contributed by atoms with Crippen LogP contribution in [0.25, 0.3) is 0 Å². The van der Waals surface area contributed by atoms with E-state index in [0.29, 0.717) is 17.6 Å². The van der Waals surface area contributed by atoms with Crippen LogP contribution in [0.1, 0.15) is 24.5 Å². The predicted octanol–water partition coefficient (Wildman–Crippen LogP) is 2.98. The lowest BCUT2D eigenvalue weighted by Crippen LogP contribution is -2.50. The van der Waals surface area contributed by atoms with E-state index in [0.717, 1.165) is 0 Å². The number of ketones is 1. The second-order valence-corrected chi connectivity index (χ2v) is 6.18. The molecule has 0 aliphatic heterocycles. The highest BCUT2D eigenvalue weighted by Gasteiger charge is 2.48. The van der Waals surface area contributed by atoms with Gasteiger partial charge in [0.05, 0.1) is 19.8 Å². The van der Waals surface area contributed by atoms with Crippen molar-refractivity contribution in [3.05, 3.63) is 34.1 Å². The van der Waals surface area contributed by atoms with Crippen molar-refractivity contribution in [1.29, 1.82) is 5.26 Å². The summed E-state index contributed by atoms with van der Waals surface area (Å²) in [6.07, 6.45) is 1.97. The molecule has 2 rings (SSSR count). The molecule has 1 aromatic rings. The summed E-state index contributed by atoms with van der Waals surface area (Å²) in [7, 11) is 2.82. The van der Waals surface area contributed by atoms with Crippen LogP contribution in [0.5, 0.6) is 11.5 Å². The van der Waals surface area contributed by atoms with Crippen LogP contribution in [0.15, 0.2) is 17.9 Å². The molecule has 0 unspecified atom stereocenters. The Morgan fingerprint density at radius 3 is 2.60 bits per heavy atom. The maximum Gasteiger partial charge on any atom is 0.223 e. The summed E-state index contributed by atoms with van der Waals surface area (Å²) in [5.74, 6) is 0.0117. The SMILES string of the molecule is COC1=CC(=O)C[C@@H](C)[C@]1(C=O)Oc1c(C)c(OC)cc(C#N)c1Cl. The van der Waals surface area contributed by atoms with E-state index in [9.17, 15) is 14.9 Å². The van der Waals surface area contributed by atoms with E-state index in [1.807, 2.05) is 6.07 Å². The van der Waals surface area contributed by atoms with Gasteiger partial charge in [0.25, 0.3) is 0 Å². The van der Waals surface area contributed by atoms with E-state index in [1.54, 1.807) is 13.8 Å². The van der Waals surface area contributed by atoms with Gasteiger partial charge >= 0.3 is 0 Å². The van der Waals surface area contributed by atoms with Crippen molar-refractivity contribution in [2.45, 2.75) is 25.9 Å². The number of carbonyl (C=O) groups excluding carboxylic acids is 2. The molecule has 0 spiro atoms. The number of nitrogens with zero attached hydrogens (tertiary/aromatic N) is 1. The largest absolute Gasteiger partial charge is 0.496 e. The van der Waals surface area contributed by atoms with E-state index >= 15 is 0 Å². The van der Waals surface area contributed by atoms with Crippen LogP contribution in [0.3, 0.4) is 0 Å². The van der Waals surface area contributed by atoms with Gasteiger partial charge in [-0.15, -0.1) is 0 Å². The standard InChI is InChI=1S/C18H18ClNO5/c1-10-5-13(22)7-15(24-4)18(10,9-21)25-17-11(2)14(23-3)6-12(8-20)16(17)19/h6-7,9-10H,5H2,1-4H3/t10-,18+/m1/s1. The van der Waals surface area contributed by atoms with Crippen LogP contribution in [0.2, 0.25) is 5.02 Å². The van der Waals surface area contributed by atoms with E-state index in [4.69, 9.17) is 25.8 Å². The van der Waals surface area contributed by atoms with E-state index in [1.165, 1.54) is 26.4 Å². The molecule has 132 valence electrons. The Balaban J connectivity index is 2.67. The topological polar surface area (TPSA) is 85.6 Å². The number of methoxy groups -OCH3 is 2. The molecule has 0 fully saturated rings. The summed E-state index contributed by atoms with van der Waals surface area (Å²) in [6, 6.07) is 3.47. The average Bonchev–Trinajstić information content (AvgIpc) is 2.60. The second-order valence-electron chi connectivity index (χ2n) is 5.80. The van der Waals surface area contributed by atoms with Gasteiger partial charge in [-0.3, -0.25) is 9.59 Å². The smallest absolute Gasteiger partial charge is 0.223 e. The lowest BCUT2D eigenvalue weighted by atomic mass is 9.79. The molecule has 2 atom stereocenters. The Morgan fingerprint density at radius 1 is 1.40 bits per heavy atom. The van der Waals surface area contributed by atoms with Gasteiger partial charge in [0, 0.05) is 24.0 Å². The van der Waals surface area contributed by atoms with Crippen LogP contribution in [-0.4, -0.2) is 31.9 Å². The zero-order chi connectivity index (χ0) is 18.8. The molecule has 0 saturated carbocycles. The van der Waals surface area contributed by atoms with Crippen molar-refractivity contribution in [2.24, 2.45) is 5.92 Å². The monoisotopic (exact) mass is 363 g/mol. The predicted molar refractivity (Wildman–Crippen MR) is 90.8 cm³/mol. The number of aldehydes is 1. The molecule has 0 aromatic heterocycles. The molecular formula is C18H18ClNO5. The number of nitriles is 1. The maximum absolute atomic E-state index is 12.0. The molecule has 1 aliphatic carbocycles. The third-order valence-electron chi connectivity index (χ3n) is 4.34. The van der Waals surface area contributed by atoms with E-state index in [2.05, 4.69) is 0 Å². The fraction of sp³-hybridized carbons (Fsp3) is 0.389. The summed E-state index contributed by atoms with van der Waals surface area (Å²) >= 11 is 6.30. The minimum Gasteiger partial charge on any atom is -0.496 e. The number of halogens is 1. The Labute approximate surface area is 150 Å². The van der Waals surface area contributed by atoms with Crippen molar-refractivity contribution in [1.82, 2.24) is 0 Å². The fourth-order valence-electron chi connectivity index (χ4n) is 2.87. The third-order valence-corrected chi connectivity index (χ3v) is 4.72. The first-order chi connectivity index (χ1) is 11.8. The molecule has 1 aromatic carbocycles. The number of ether oxygens (including phenoxy) is 3. The van der Waals surface area contributed by atoms with Crippen LogP contribution < -0.4 is 9.47 Å². The number of hydrogen-bond acceptors (Lipinski definition) is 6. The highest BCUT2D eigenvalue weighted by Crippen LogP contribution is 2.43. The van der Waals surface area contributed by atoms with Crippen LogP contribution in [0, 0.1) is 24.2 Å². The number of carbonyl (C=O) groups is 2. The molecule has 6 nitrogen and oxygen atoms in total. The molecule has 1 aliphatic rings. The number of hydrogen-bond donors (Lipinski definition) is 0. The maximum atomic E-state index is 12.0. The number of benzene rings is 1. The molecular weight excluding hydrogens is 346 g/mol. The van der Waals surface area contributed by atoms with E-state index < -0.39 is 11.5 Å². The van der Waals surface area contributed by atoms with Gasteiger partial charge in [0.2, 0.25) is 5.60 Å². The minimum atomic E-state index is -1.52. The van der Waals surface area contributed by atoms with Gasteiger partial charge in [-0.25, -0.2) is 0 Å². The molecule has 0 radical (unpaired) electrons. The third kappa shape index (κ3) is 3.08. The Hall–Kier alpha value is -2.52. The highest BCUT2D eigenvalue weighted by atomic mass is 35.5. The van der Waals surface area contributed by atoms with Gasteiger partial charge in [-0.2, -0.15) is 5.26 Å². The zero-order valence-corrected chi connectivity index (χ0v) is 15.1. The van der Waals surface area contributed by atoms with Crippen LogP contribution in [-0.2, 0) is 14.3 Å². The summed E-state index contributed by atoms with van der Waals surface area (Å²) in [5.41, 5.74) is -0.828. The van der Waals surface area contributed by atoms with Gasteiger partial charge in [0.1, 0.15) is 22.6 Å². The van der Waals surface area contributed by atoms with Crippen molar-refractivity contribution in [2.75, 3.05) is 14.2 Å². The lowest BCUT2D eigenvalue weighted by Gasteiger charge is -2.38. The summed E-state index contributed by atoms with van der Waals surface area (Å²) in [5, 5.41) is 9.34.